The largest absolute Gasteiger partial charge is 0.496 e. The van der Waals surface area contributed by atoms with Gasteiger partial charge < -0.3 is 10.5 Å². The maximum absolute atomic E-state index is 5.96. The summed E-state index contributed by atoms with van der Waals surface area (Å²) in [5, 5.41) is 0.776. The van der Waals surface area contributed by atoms with E-state index in [0.29, 0.717) is 0 Å². The molecule has 0 saturated heterocycles. The van der Waals surface area contributed by atoms with Crippen molar-refractivity contribution in [2.24, 2.45) is 5.73 Å². The predicted molar refractivity (Wildman–Crippen MR) is 69.2 cm³/mol. The van der Waals surface area contributed by atoms with Crippen LogP contribution >= 0.6 is 11.6 Å². The van der Waals surface area contributed by atoms with Gasteiger partial charge in [0.25, 0.3) is 0 Å². The van der Waals surface area contributed by atoms with Gasteiger partial charge in [0, 0.05) is 5.02 Å². The zero-order chi connectivity index (χ0) is 11.8. The summed E-state index contributed by atoms with van der Waals surface area (Å²) in [6.45, 7) is 0.792. The molecule has 0 aliphatic heterocycles. The lowest BCUT2D eigenvalue weighted by Crippen LogP contribution is -1.98. The van der Waals surface area contributed by atoms with Crippen LogP contribution < -0.4 is 10.5 Å². The van der Waals surface area contributed by atoms with Crippen LogP contribution in [0.5, 0.6) is 5.75 Å². The molecular formula is C13H20ClNO. The lowest BCUT2D eigenvalue weighted by Gasteiger charge is -2.08. The van der Waals surface area contributed by atoms with Crippen LogP contribution in [0.3, 0.4) is 0 Å². The molecule has 0 fully saturated rings. The van der Waals surface area contributed by atoms with Crippen LogP contribution in [0.4, 0.5) is 0 Å². The van der Waals surface area contributed by atoms with Crippen molar-refractivity contribution in [2.75, 3.05) is 13.7 Å². The van der Waals surface area contributed by atoms with Crippen LogP contribution in [0.15, 0.2) is 18.2 Å². The number of halogens is 1. The topological polar surface area (TPSA) is 35.2 Å². The van der Waals surface area contributed by atoms with Gasteiger partial charge in [0.15, 0.2) is 0 Å². The zero-order valence-electron chi connectivity index (χ0n) is 9.84. The second-order valence-corrected chi connectivity index (χ2v) is 4.35. The van der Waals surface area contributed by atoms with Crippen molar-refractivity contribution in [3.63, 3.8) is 0 Å². The third-order valence-electron chi connectivity index (χ3n) is 2.64. The van der Waals surface area contributed by atoms with Crippen LogP contribution in [-0.2, 0) is 6.42 Å². The smallest absolute Gasteiger partial charge is 0.122 e. The van der Waals surface area contributed by atoms with Crippen LogP contribution in [0.2, 0.25) is 5.02 Å². The summed E-state index contributed by atoms with van der Waals surface area (Å²) in [4.78, 5) is 0. The predicted octanol–water partition coefficient (Wildman–Crippen LogP) is 3.41. The first kappa shape index (κ1) is 13.3. The van der Waals surface area contributed by atoms with E-state index in [1.807, 2.05) is 18.2 Å². The summed E-state index contributed by atoms with van der Waals surface area (Å²) in [6, 6.07) is 5.78. The quantitative estimate of drug-likeness (QED) is 0.743. The fraction of sp³-hybridized carbons (Fsp3) is 0.538. The maximum Gasteiger partial charge on any atom is 0.122 e. The highest BCUT2D eigenvalue weighted by molar-refractivity contribution is 6.30. The van der Waals surface area contributed by atoms with Gasteiger partial charge in [-0.25, -0.2) is 0 Å². The third-order valence-corrected chi connectivity index (χ3v) is 2.88. The molecule has 0 amide bonds. The summed E-state index contributed by atoms with van der Waals surface area (Å²) >= 11 is 5.96. The molecule has 3 heteroatoms. The molecule has 0 radical (unpaired) electrons. The van der Waals surface area contributed by atoms with Gasteiger partial charge in [-0.3, -0.25) is 0 Å². The Hall–Kier alpha value is -0.730. The second-order valence-electron chi connectivity index (χ2n) is 3.91. The molecule has 1 rings (SSSR count). The molecular weight excluding hydrogens is 222 g/mol. The molecule has 0 bridgehead atoms. The van der Waals surface area contributed by atoms with E-state index in [1.165, 1.54) is 18.4 Å². The summed E-state index contributed by atoms with van der Waals surface area (Å²) in [7, 11) is 1.70. The number of ether oxygens (including phenoxy) is 1. The summed E-state index contributed by atoms with van der Waals surface area (Å²) in [6.07, 6.45) is 5.73. The monoisotopic (exact) mass is 241 g/mol. The molecule has 0 aromatic heterocycles. The zero-order valence-corrected chi connectivity index (χ0v) is 10.6. The first-order chi connectivity index (χ1) is 7.77. The molecule has 1 aromatic carbocycles. The van der Waals surface area contributed by atoms with E-state index in [0.717, 1.165) is 36.6 Å². The second kappa shape index (κ2) is 7.53. The van der Waals surface area contributed by atoms with Crippen molar-refractivity contribution in [3.8, 4) is 5.75 Å². The highest BCUT2D eigenvalue weighted by atomic mass is 35.5. The van der Waals surface area contributed by atoms with Gasteiger partial charge in [0.05, 0.1) is 7.11 Å². The number of unbranched alkanes of at least 4 members (excludes halogenated alkanes) is 3. The Balaban J connectivity index is 2.42. The Kier molecular flexibility index (Phi) is 6.27. The number of hydrogen-bond acceptors (Lipinski definition) is 2. The van der Waals surface area contributed by atoms with Gasteiger partial charge in [-0.15, -0.1) is 0 Å². The first-order valence-corrected chi connectivity index (χ1v) is 6.18. The minimum atomic E-state index is 0.776. The van der Waals surface area contributed by atoms with E-state index in [2.05, 4.69) is 0 Å². The molecule has 0 aliphatic carbocycles. The van der Waals surface area contributed by atoms with Gasteiger partial charge >= 0.3 is 0 Å². The van der Waals surface area contributed by atoms with E-state index in [1.54, 1.807) is 7.11 Å². The fourth-order valence-corrected chi connectivity index (χ4v) is 1.95. The Labute approximate surface area is 103 Å². The van der Waals surface area contributed by atoms with Crippen LogP contribution in [-0.4, -0.2) is 13.7 Å². The van der Waals surface area contributed by atoms with Crippen molar-refractivity contribution in [3.05, 3.63) is 28.8 Å². The Morgan fingerprint density at radius 1 is 1.19 bits per heavy atom. The molecule has 16 heavy (non-hydrogen) atoms. The standard InChI is InChI=1S/C13H20ClNO/c1-16-13-8-7-12(14)10-11(13)6-4-2-3-5-9-15/h7-8,10H,2-6,9,15H2,1H3. The van der Waals surface area contributed by atoms with Gasteiger partial charge in [0.2, 0.25) is 0 Å². The number of nitrogens with two attached hydrogens (primary N) is 1. The average Bonchev–Trinajstić information content (AvgIpc) is 2.29. The minimum Gasteiger partial charge on any atom is -0.496 e. The number of hydrogen-bond donors (Lipinski definition) is 1. The normalized spacial score (nSPS) is 10.4. The molecule has 0 spiro atoms. The van der Waals surface area contributed by atoms with E-state index >= 15 is 0 Å². The average molecular weight is 242 g/mol. The number of benzene rings is 1. The fourth-order valence-electron chi connectivity index (χ4n) is 1.76. The molecule has 0 saturated carbocycles. The van der Waals surface area contributed by atoms with E-state index in [4.69, 9.17) is 22.1 Å². The first-order valence-electron chi connectivity index (χ1n) is 5.80. The van der Waals surface area contributed by atoms with E-state index in [-0.39, 0.29) is 0 Å². The SMILES string of the molecule is COc1ccc(Cl)cc1CCCCCCN. The summed E-state index contributed by atoms with van der Waals surface area (Å²) in [5.74, 6) is 0.934. The maximum atomic E-state index is 5.96. The minimum absolute atomic E-state index is 0.776. The highest BCUT2D eigenvalue weighted by Gasteiger charge is 2.03. The molecule has 2 N–H and O–H groups in total. The van der Waals surface area contributed by atoms with Crippen molar-refractivity contribution < 1.29 is 4.74 Å². The molecule has 90 valence electrons. The number of methoxy groups -OCH3 is 1. The Bertz CT molecular complexity index is 315. The molecule has 0 unspecified atom stereocenters. The van der Waals surface area contributed by atoms with E-state index in [9.17, 15) is 0 Å². The highest BCUT2D eigenvalue weighted by Crippen LogP contribution is 2.24. The van der Waals surface area contributed by atoms with Gasteiger partial charge in [-0.05, 0) is 49.6 Å². The summed E-state index contributed by atoms with van der Waals surface area (Å²) < 4.78 is 5.30. The van der Waals surface area contributed by atoms with Gasteiger partial charge in [0.1, 0.15) is 5.75 Å². The van der Waals surface area contributed by atoms with Gasteiger partial charge in [-0.2, -0.15) is 0 Å². The van der Waals surface area contributed by atoms with Crippen molar-refractivity contribution >= 4 is 11.6 Å². The van der Waals surface area contributed by atoms with Crippen LogP contribution in [0.25, 0.3) is 0 Å². The van der Waals surface area contributed by atoms with Crippen molar-refractivity contribution in [2.45, 2.75) is 32.1 Å². The Morgan fingerprint density at radius 3 is 2.62 bits per heavy atom. The molecule has 1 aromatic rings. The van der Waals surface area contributed by atoms with Gasteiger partial charge in [-0.1, -0.05) is 24.4 Å². The van der Waals surface area contributed by atoms with Crippen LogP contribution in [0.1, 0.15) is 31.2 Å². The third kappa shape index (κ3) is 4.42. The molecule has 2 nitrogen and oxygen atoms in total. The molecule has 0 atom stereocenters. The van der Waals surface area contributed by atoms with Crippen molar-refractivity contribution in [1.29, 1.82) is 0 Å². The van der Waals surface area contributed by atoms with Crippen molar-refractivity contribution in [1.82, 2.24) is 0 Å². The number of rotatable bonds is 7. The van der Waals surface area contributed by atoms with Crippen LogP contribution in [0, 0.1) is 0 Å². The number of aryl methyl sites for hydroxylation is 1. The lowest BCUT2D eigenvalue weighted by atomic mass is 10.1. The van der Waals surface area contributed by atoms with E-state index < -0.39 is 0 Å². The molecule has 0 aliphatic rings. The molecule has 0 heterocycles. The lowest BCUT2D eigenvalue weighted by molar-refractivity contribution is 0.408. The summed E-state index contributed by atoms with van der Waals surface area (Å²) in [5.41, 5.74) is 6.65. The Morgan fingerprint density at radius 2 is 1.94 bits per heavy atom.